The van der Waals surface area contributed by atoms with Crippen molar-refractivity contribution in [3.05, 3.63) is 0 Å². The summed E-state index contributed by atoms with van der Waals surface area (Å²) in [5.74, 6) is 6.01. The Labute approximate surface area is 94.4 Å². The van der Waals surface area contributed by atoms with E-state index < -0.39 is 0 Å². The summed E-state index contributed by atoms with van der Waals surface area (Å²) in [4.78, 5) is 2.59. The molecule has 15 heavy (non-hydrogen) atoms. The van der Waals surface area contributed by atoms with Crippen LogP contribution in [-0.4, -0.2) is 37.1 Å². The van der Waals surface area contributed by atoms with Crippen molar-refractivity contribution in [2.24, 2.45) is 0 Å². The molecule has 0 aromatic carbocycles. The molecule has 1 fully saturated rings. The number of hydrogen-bond acceptors (Lipinski definition) is 2. The molecule has 1 unspecified atom stereocenters. The van der Waals surface area contributed by atoms with Gasteiger partial charge < -0.3 is 10.2 Å². The van der Waals surface area contributed by atoms with Crippen LogP contribution in [0.3, 0.4) is 0 Å². The van der Waals surface area contributed by atoms with Gasteiger partial charge in [-0.1, -0.05) is 12.8 Å². The van der Waals surface area contributed by atoms with Crippen molar-refractivity contribution in [2.75, 3.05) is 26.2 Å². The van der Waals surface area contributed by atoms with E-state index in [4.69, 9.17) is 0 Å². The molecule has 2 nitrogen and oxygen atoms in total. The third-order valence-corrected chi connectivity index (χ3v) is 3.02. The van der Waals surface area contributed by atoms with Crippen LogP contribution in [-0.2, 0) is 0 Å². The monoisotopic (exact) mass is 208 g/mol. The summed E-state index contributed by atoms with van der Waals surface area (Å²) in [6, 6.07) is 0.688. The predicted octanol–water partition coefficient (Wildman–Crippen LogP) is 1.86. The summed E-state index contributed by atoms with van der Waals surface area (Å²) < 4.78 is 0. The van der Waals surface area contributed by atoms with Crippen LogP contribution >= 0.6 is 0 Å². The van der Waals surface area contributed by atoms with Crippen LogP contribution in [0.5, 0.6) is 0 Å². The molecule has 0 amide bonds. The lowest BCUT2D eigenvalue weighted by atomic mass is 10.1. The van der Waals surface area contributed by atoms with E-state index in [0.29, 0.717) is 6.04 Å². The Morgan fingerprint density at radius 3 is 2.93 bits per heavy atom. The van der Waals surface area contributed by atoms with E-state index in [9.17, 15) is 0 Å². The third-order valence-electron chi connectivity index (χ3n) is 3.02. The molecule has 1 aliphatic rings. The van der Waals surface area contributed by atoms with Gasteiger partial charge in [0.2, 0.25) is 0 Å². The highest BCUT2D eigenvalue weighted by Gasteiger charge is 2.15. The first-order valence-electron chi connectivity index (χ1n) is 6.22. The fourth-order valence-corrected chi connectivity index (χ4v) is 2.18. The molecule has 1 heterocycles. The van der Waals surface area contributed by atoms with Gasteiger partial charge in [-0.15, -0.1) is 5.92 Å². The second-order valence-corrected chi connectivity index (χ2v) is 4.28. The van der Waals surface area contributed by atoms with Crippen LogP contribution in [0.15, 0.2) is 0 Å². The Bertz CT molecular complexity index is 214. The summed E-state index contributed by atoms with van der Waals surface area (Å²) in [6.07, 6.45) is 5.20. The van der Waals surface area contributed by atoms with Crippen molar-refractivity contribution < 1.29 is 0 Å². The molecule has 0 saturated carbocycles. The molecule has 1 atom stereocenters. The summed E-state index contributed by atoms with van der Waals surface area (Å²) in [6.45, 7) is 8.82. The zero-order chi connectivity index (χ0) is 10.9. The maximum Gasteiger partial charge on any atom is 0.0578 e. The van der Waals surface area contributed by atoms with E-state index in [1.165, 1.54) is 45.3 Å². The van der Waals surface area contributed by atoms with Crippen LogP contribution in [0, 0.1) is 11.8 Å². The summed E-state index contributed by atoms with van der Waals surface area (Å²) in [7, 11) is 0. The molecular formula is C13H24N2. The first-order valence-corrected chi connectivity index (χ1v) is 6.22. The zero-order valence-electron chi connectivity index (χ0n) is 10.2. The van der Waals surface area contributed by atoms with E-state index in [1.54, 1.807) is 0 Å². The Balaban J connectivity index is 2.22. The first-order chi connectivity index (χ1) is 7.36. The lowest BCUT2D eigenvalue weighted by Crippen LogP contribution is -2.31. The summed E-state index contributed by atoms with van der Waals surface area (Å²) in [5.41, 5.74) is 0. The molecule has 2 heteroatoms. The number of rotatable bonds is 4. The standard InChI is InChI=1S/C13H24N2/c1-3-5-9-14-13-7-6-11-15(10-4-2)12-8-13/h13-14H,4,6-12H2,1-2H3. The molecule has 0 bridgehead atoms. The Hall–Kier alpha value is -0.520. The van der Waals surface area contributed by atoms with Crippen molar-refractivity contribution in [3.63, 3.8) is 0 Å². The van der Waals surface area contributed by atoms with E-state index in [0.717, 1.165) is 6.54 Å². The molecule has 0 aromatic heterocycles. The molecule has 1 saturated heterocycles. The Morgan fingerprint density at radius 1 is 1.33 bits per heavy atom. The van der Waals surface area contributed by atoms with E-state index in [1.807, 2.05) is 6.92 Å². The molecule has 0 aromatic rings. The third kappa shape index (κ3) is 5.20. The smallest absolute Gasteiger partial charge is 0.0578 e. The normalized spacial score (nSPS) is 22.9. The summed E-state index contributed by atoms with van der Waals surface area (Å²) >= 11 is 0. The lowest BCUT2D eigenvalue weighted by molar-refractivity contribution is 0.283. The van der Waals surface area contributed by atoms with Crippen LogP contribution in [0.4, 0.5) is 0 Å². The topological polar surface area (TPSA) is 15.3 Å². The fourth-order valence-electron chi connectivity index (χ4n) is 2.18. The van der Waals surface area contributed by atoms with Gasteiger partial charge in [0.25, 0.3) is 0 Å². The van der Waals surface area contributed by atoms with Gasteiger partial charge in [0, 0.05) is 6.04 Å². The van der Waals surface area contributed by atoms with E-state index >= 15 is 0 Å². The lowest BCUT2D eigenvalue weighted by Gasteiger charge is -2.19. The molecule has 1 N–H and O–H groups in total. The van der Waals surface area contributed by atoms with E-state index in [2.05, 4.69) is 29.0 Å². The number of hydrogen-bond donors (Lipinski definition) is 1. The molecule has 1 rings (SSSR count). The van der Waals surface area contributed by atoms with Crippen molar-refractivity contribution in [1.82, 2.24) is 10.2 Å². The second kappa shape index (κ2) is 7.73. The van der Waals surface area contributed by atoms with Gasteiger partial charge in [-0.25, -0.2) is 0 Å². The van der Waals surface area contributed by atoms with Crippen molar-refractivity contribution in [2.45, 2.75) is 45.6 Å². The molecule has 1 aliphatic heterocycles. The van der Waals surface area contributed by atoms with Gasteiger partial charge in [-0.05, 0) is 52.2 Å². The zero-order valence-corrected chi connectivity index (χ0v) is 10.2. The summed E-state index contributed by atoms with van der Waals surface area (Å²) in [5, 5.41) is 3.52. The van der Waals surface area contributed by atoms with Crippen LogP contribution in [0.1, 0.15) is 39.5 Å². The largest absolute Gasteiger partial charge is 0.303 e. The highest BCUT2D eigenvalue weighted by Crippen LogP contribution is 2.10. The average molecular weight is 208 g/mol. The highest BCUT2D eigenvalue weighted by atomic mass is 15.1. The molecule has 0 spiro atoms. The maximum absolute atomic E-state index is 3.52. The van der Waals surface area contributed by atoms with Gasteiger partial charge in [0.15, 0.2) is 0 Å². The van der Waals surface area contributed by atoms with Crippen molar-refractivity contribution >= 4 is 0 Å². The van der Waals surface area contributed by atoms with Crippen molar-refractivity contribution in [1.29, 1.82) is 0 Å². The number of likely N-dealkylation sites (tertiary alicyclic amines) is 1. The molecule has 86 valence electrons. The average Bonchev–Trinajstić information content (AvgIpc) is 2.45. The molecular weight excluding hydrogens is 184 g/mol. The second-order valence-electron chi connectivity index (χ2n) is 4.28. The minimum atomic E-state index is 0.688. The number of nitrogens with one attached hydrogen (secondary N) is 1. The first kappa shape index (κ1) is 12.5. The SMILES string of the molecule is CC#CCNC1CCCN(CCC)CC1. The van der Waals surface area contributed by atoms with E-state index in [-0.39, 0.29) is 0 Å². The van der Waals surface area contributed by atoms with Crippen LogP contribution in [0.2, 0.25) is 0 Å². The highest BCUT2D eigenvalue weighted by molar-refractivity contribution is 4.97. The minimum Gasteiger partial charge on any atom is -0.303 e. The number of nitrogens with zero attached hydrogens (tertiary/aromatic N) is 1. The molecule has 0 radical (unpaired) electrons. The Kier molecular flexibility index (Phi) is 6.47. The van der Waals surface area contributed by atoms with Gasteiger partial charge in [-0.2, -0.15) is 0 Å². The van der Waals surface area contributed by atoms with Crippen LogP contribution < -0.4 is 5.32 Å². The maximum atomic E-state index is 3.52. The predicted molar refractivity (Wildman–Crippen MR) is 65.8 cm³/mol. The van der Waals surface area contributed by atoms with Gasteiger partial charge >= 0.3 is 0 Å². The van der Waals surface area contributed by atoms with Gasteiger partial charge in [0.1, 0.15) is 0 Å². The van der Waals surface area contributed by atoms with Gasteiger partial charge in [-0.3, -0.25) is 0 Å². The Morgan fingerprint density at radius 2 is 2.20 bits per heavy atom. The van der Waals surface area contributed by atoms with Crippen LogP contribution in [0.25, 0.3) is 0 Å². The quantitative estimate of drug-likeness (QED) is 0.710. The molecule has 0 aliphatic carbocycles. The fraction of sp³-hybridized carbons (Fsp3) is 0.846. The minimum absolute atomic E-state index is 0.688. The van der Waals surface area contributed by atoms with Gasteiger partial charge in [0.05, 0.1) is 6.54 Å². The van der Waals surface area contributed by atoms with Crippen molar-refractivity contribution in [3.8, 4) is 11.8 Å².